The molecule has 3 nitrogen and oxygen atoms in total. The van der Waals surface area contributed by atoms with Crippen LogP contribution < -0.4 is 0 Å². The van der Waals surface area contributed by atoms with E-state index in [-0.39, 0.29) is 0 Å². The number of ether oxygens (including phenoxy) is 1. The summed E-state index contributed by atoms with van der Waals surface area (Å²) in [5, 5.41) is 0. The van der Waals surface area contributed by atoms with Gasteiger partial charge in [-0.15, -0.1) is 0 Å². The quantitative estimate of drug-likeness (QED) is 0.745. The van der Waals surface area contributed by atoms with Crippen LogP contribution in [0.4, 0.5) is 0 Å². The molecule has 1 unspecified atom stereocenters. The van der Waals surface area contributed by atoms with Gasteiger partial charge >= 0.3 is 0 Å². The lowest BCUT2D eigenvalue weighted by molar-refractivity contribution is -0.0282. The molecule has 0 aromatic heterocycles. The Morgan fingerprint density at radius 1 is 0.818 bits per heavy atom. The van der Waals surface area contributed by atoms with Crippen LogP contribution in [0.1, 0.15) is 60.3 Å². The number of hydrogen-bond donors (Lipinski definition) is 0. The molecule has 0 aliphatic carbocycles. The van der Waals surface area contributed by atoms with Crippen LogP contribution in [0, 0.1) is 11.8 Å². The van der Waals surface area contributed by atoms with E-state index in [2.05, 4.69) is 44.4 Å². The first-order valence-electron chi connectivity index (χ1n) is 9.57. The molecule has 2 aliphatic rings. The average molecular weight is 311 g/mol. The molecule has 0 aromatic rings. The fourth-order valence-corrected chi connectivity index (χ4v) is 3.97. The van der Waals surface area contributed by atoms with Gasteiger partial charge in [0.1, 0.15) is 0 Å². The minimum absolute atomic E-state index is 0.491. The van der Waals surface area contributed by atoms with Crippen LogP contribution in [-0.2, 0) is 4.74 Å². The lowest BCUT2D eigenvalue weighted by Crippen LogP contribution is -2.45. The van der Waals surface area contributed by atoms with Gasteiger partial charge in [-0.25, -0.2) is 0 Å². The molecule has 0 bridgehead atoms. The normalized spacial score (nSPS) is 25.2. The lowest BCUT2D eigenvalue weighted by atomic mass is 9.86. The predicted molar refractivity (Wildman–Crippen MR) is 94.3 cm³/mol. The molecule has 130 valence electrons. The number of likely N-dealkylation sites (tertiary alicyclic amines) is 2. The Hall–Kier alpha value is -0.120. The Kier molecular flexibility index (Phi) is 7.17. The van der Waals surface area contributed by atoms with Crippen molar-refractivity contribution in [2.45, 2.75) is 78.5 Å². The maximum atomic E-state index is 6.23. The van der Waals surface area contributed by atoms with Gasteiger partial charge in [0.15, 0.2) is 0 Å². The van der Waals surface area contributed by atoms with Crippen LogP contribution in [-0.4, -0.2) is 60.8 Å². The van der Waals surface area contributed by atoms with E-state index in [1.165, 1.54) is 51.9 Å². The smallest absolute Gasteiger partial charge is 0.0622 e. The largest absolute Gasteiger partial charge is 0.377 e. The average Bonchev–Trinajstić information content (AvgIpc) is 2.53. The van der Waals surface area contributed by atoms with E-state index in [0.29, 0.717) is 18.2 Å². The Morgan fingerprint density at radius 3 is 1.86 bits per heavy atom. The van der Waals surface area contributed by atoms with Gasteiger partial charge in [0, 0.05) is 25.2 Å². The van der Waals surface area contributed by atoms with Crippen molar-refractivity contribution in [2.24, 2.45) is 11.8 Å². The molecular weight excluding hydrogens is 272 g/mol. The fourth-order valence-electron chi connectivity index (χ4n) is 3.97. The molecule has 0 spiro atoms. The fraction of sp³-hybridized carbons (Fsp3) is 1.00. The second kappa shape index (κ2) is 8.65. The van der Waals surface area contributed by atoms with E-state index >= 15 is 0 Å². The zero-order valence-corrected chi connectivity index (χ0v) is 15.6. The molecule has 3 heteroatoms. The summed E-state index contributed by atoms with van der Waals surface area (Å²) >= 11 is 0. The van der Waals surface area contributed by atoms with Gasteiger partial charge in [-0.05, 0) is 71.4 Å². The molecule has 2 saturated heterocycles. The molecule has 1 atom stereocenters. The van der Waals surface area contributed by atoms with Crippen LogP contribution in [0.3, 0.4) is 0 Å². The van der Waals surface area contributed by atoms with Crippen molar-refractivity contribution in [1.82, 2.24) is 9.80 Å². The third-order valence-electron chi connectivity index (χ3n) is 5.92. The van der Waals surface area contributed by atoms with Crippen LogP contribution in [0.15, 0.2) is 0 Å². The Labute approximate surface area is 138 Å². The molecule has 2 aliphatic heterocycles. The van der Waals surface area contributed by atoms with Gasteiger partial charge < -0.3 is 9.64 Å². The molecule has 2 fully saturated rings. The van der Waals surface area contributed by atoms with Crippen LogP contribution in [0.2, 0.25) is 0 Å². The summed E-state index contributed by atoms with van der Waals surface area (Å²) in [6.07, 6.45) is 5.65. The van der Waals surface area contributed by atoms with Gasteiger partial charge in [-0.2, -0.15) is 0 Å². The van der Waals surface area contributed by atoms with Gasteiger partial charge in [0.05, 0.1) is 12.7 Å². The molecule has 0 N–H and O–H groups in total. The minimum Gasteiger partial charge on any atom is -0.377 e. The number of piperidine rings is 2. The zero-order valence-electron chi connectivity index (χ0n) is 15.6. The summed E-state index contributed by atoms with van der Waals surface area (Å²) in [5.74, 6) is 1.78. The number of nitrogens with zero attached hydrogens (tertiary/aromatic N) is 2. The summed E-state index contributed by atoms with van der Waals surface area (Å²) in [6.45, 7) is 17.5. The van der Waals surface area contributed by atoms with Crippen molar-refractivity contribution in [1.29, 1.82) is 0 Å². The van der Waals surface area contributed by atoms with Gasteiger partial charge in [0.25, 0.3) is 0 Å². The van der Waals surface area contributed by atoms with E-state index in [1.807, 2.05) is 0 Å². The standard InChI is InChI=1S/C19H38N2O/c1-15(2)18-6-10-21(11-7-18)17(5)14-22-19-8-12-20(13-9-19)16(3)4/h15-19H,6-14H2,1-5H3. The maximum absolute atomic E-state index is 6.23. The predicted octanol–water partition coefficient (Wildman–Crippen LogP) is 3.63. The second-order valence-electron chi connectivity index (χ2n) is 8.13. The molecule has 0 radical (unpaired) electrons. The van der Waals surface area contributed by atoms with Crippen LogP contribution >= 0.6 is 0 Å². The third-order valence-corrected chi connectivity index (χ3v) is 5.92. The first kappa shape index (κ1) is 18.2. The highest BCUT2D eigenvalue weighted by Crippen LogP contribution is 2.25. The Balaban J connectivity index is 1.63. The SMILES string of the molecule is CC(C)C1CCN(C(C)COC2CCN(C(C)C)CC2)CC1. The summed E-state index contributed by atoms with van der Waals surface area (Å²) in [6, 6.07) is 1.26. The minimum atomic E-state index is 0.491. The van der Waals surface area contributed by atoms with Crippen molar-refractivity contribution in [3.63, 3.8) is 0 Å². The molecule has 0 aromatic carbocycles. The lowest BCUT2D eigenvalue weighted by Gasteiger charge is -2.39. The summed E-state index contributed by atoms with van der Waals surface area (Å²) in [5.41, 5.74) is 0. The van der Waals surface area contributed by atoms with E-state index in [1.54, 1.807) is 0 Å². The summed E-state index contributed by atoms with van der Waals surface area (Å²) < 4.78 is 6.23. The maximum Gasteiger partial charge on any atom is 0.0622 e. The summed E-state index contributed by atoms with van der Waals surface area (Å²) in [7, 11) is 0. The Morgan fingerprint density at radius 2 is 1.36 bits per heavy atom. The van der Waals surface area contributed by atoms with Crippen molar-refractivity contribution in [3.8, 4) is 0 Å². The highest BCUT2D eigenvalue weighted by molar-refractivity contribution is 4.79. The van der Waals surface area contributed by atoms with Crippen LogP contribution in [0.5, 0.6) is 0 Å². The van der Waals surface area contributed by atoms with Crippen molar-refractivity contribution in [3.05, 3.63) is 0 Å². The highest BCUT2D eigenvalue weighted by atomic mass is 16.5. The van der Waals surface area contributed by atoms with E-state index < -0.39 is 0 Å². The van der Waals surface area contributed by atoms with E-state index in [4.69, 9.17) is 4.74 Å². The molecular formula is C19H38N2O. The first-order valence-corrected chi connectivity index (χ1v) is 9.57. The Bertz CT molecular complexity index is 303. The highest BCUT2D eigenvalue weighted by Gasteiger charge is 2.26. The molecule has 2 rings (SSSR count). The number of rotatable bonds is 6. The monoisotopic (exact) mass is 310 g/mol. The van der Waals surface area contributed by atoms with Crippen molar-refractivity contribution >= 4 is 0 Å². The molecule has 0 saturated carbocycles. The van der Waals surface area contributed by atoms with E-state index in [0.717, 1.165) is 18.4 Å². The molecule has 0 amide bonds. The van der Waals surface area contributed by atoms with Crippen LogP contribution in [0.25, 0.3) is 0 Å². The second-order valence-corrected chi connectivity index (χ2v) is 8.13. The third kappa shape index (κ3) is 5.21. The topological polar surface area (TPSA) is 15.7 Å². The zero-order chi connectivity index (χ0) is 16.1. The van der Waals surface area contributed by atoms with Gasteiger partial charge in [-0.1, -0.05) is 13.8 Å². The van der Waals surface area contributed by atoms with Gasteiger partial charge in [0.2, 0.25) is 0 Å². The van der Waals surface area contributed by atoms with Crippen molar-refractivity contribution in [2.75, 3.05) is 32.8 Å². The first-order chi connectivity index (χ1) is 10.5. The number of hydrogen-bond acceptors (Lipinski definition) is 3. The molecule has 22 heavy (non-hydrogen) atoms. The van der Waals surface area contributed by atoms with Crippen molar-refractivity contribution < 1.29 is 4.74 Å². The van der Waals surface area contributed by atoms with Gasteiger partial charge in [-0.3, -0.25) is 4.90 Å². The summed E-state index contributed by atoms with van der Waals surface area (Å²) in [4.78, 5) is 5.21. The van der Waals surface area contributed by atoms with E-state index in [9.17, 15) is 0 Å². The molecule has 2 heterocycles.